The van der Waals surface area contributed by atoms with Crippen LogP contribution >= 0.6 is 0 Å². The van der Waals surface area contributed by atoms with Crippen LogP contribution in [0.5, 0.6) is 0 Å². The zero-order chi connectivity index (χ0) is 17.8. The number of hydrogen-bond acceptors (Lipinski definition) is 5. The van der Waals surface area contributed by atoms with E-state index in [1.54, 1.807) is 30.3 Å². The zero-order valence-electron chi connectivity index (χ0n) is 14.1. The van der Waals surface area contributed by atoms with Crippen LogP contribution in [0.2, 0.25) is 0 Å². The molecule has 1 aromatic carbocycles. The monoisotopic (exact) mass is 337 g/mol. The smallest absolute Gasteiger partial charge is 0.337 e. The Hall–Kier alpha value is -1.92. The topological polar surface area (TPSA) is 95.9 Å². The molecule has 0 bridgehead atoms. The maximum Gasteiger partial charge on any atom is 0.337 e. The molecule has 1 heterocycles. The molecule has 1 aliphatic rings. The van der Waals surface area contributed by atoms with Gasteiger partial charge in [-0.15, -0.1) is 0 Å². The van der Waals surface area contributed by atoms with Gasteiger partial charge in [-0.2, -0.15) is 0 Å². The molecule has 2 atom stereocenters. The molecule has 1 aromatic rings. The number of aliphatic hydroxyl groups excluding tert-OH is 1. The van der Waals surface area contributed by atoms with Gasteiger partial charge in [-0.05, 0) is 50.8 Å². The van der Waals surface area contributed by atoms with E-state index in [1.165, 1.54) is 12.8 Å². The average Bonchev–Trinajstić information content (AvgIpc) is 2.62. The Bertz CT molecular complexity index is 485. The number of aliphatic hydroxyl groups is 1. The highest BCUT2D eigenvalue weighted by atomic mass is 16.5. The fourth-order valence-corrected chi connectivity index (χ4v) is 2.50. The van der Waals surface area contributed by atoms with Crippen molar-refractivity contribution in [2.24, 2.45) is 5.92 Å². The van der Waals surface area contributed by atoms with Crippen molar-refractivity contribution in [3.05, 3.63) is 35.9 Å². The summed E-state index contributed by atoms with van der Waals surface area (Å²) in [4.78, 5) is 21.3. The van der Waals surface area contributed by atoms with Gasteiger partial charge in [0.1, 0.15) is 0 Å². The van der Waals surface area contributed by atoms with Crippen molar-refractivity contribution in [1.29, 1.82) is 0 Å². The largest absolute Gasteiger partial charge is 0.479 e. The summed E-state index contributed by atoms with van der Waals surface area (Å²) >= 11 is 0. The van der Waals surface area contributed by atoms with Crippen molar-refractivity contribution >= 4 is 11.9 Å². The SMILES string of the molecule is CCOC(=O)CCC1CCCNC1.O=C(O)C(O)c1ccccc1. The molecule has 1 aliphatic heterocycles. The second kappa shape index (κ2) is 11.6. The van der Waals surface area contributed by atoms with Crippen molar-refractivity contribution in [3.63, 3.8) is 0 Å². The summed E-state index contributed by atoms with van der Waals surface area (Å²) < 4.78 is 4.87. The van der Waals surface area contributed by atoms with E-state index in [1.807, 2.05) is 6.92 Å². The predicted octanol–water partition coefficient (Wildman–Crippen LogP) is 2.13. The van der Waals surface area contributed by atoms with Crippen LogP contribution in [0.4, 0.5) is 0 Å². The van der Waals surface area contributed by atoms with Crippen molar-refractivity contribution in [3.8, 4) is 0 Å². The highest BCUT2D eigenvalue weighted by Gasteiger charge is 2.15. The third-order valence-electron chi connectivity index (χ3n) is 3.81. The summed E-state index contributed by atoms with van der Waals surface area (Å²) in [6.07, 6.45) is 2.66. The summed E-state index contributed by atoms with van der Waals surface area (Å²) in [5.74, 6) is -0.595. The van der Waals surface area contributed by atoms with E-state index in [4.69, 9.17) is 14.9 Å². The minimum absolute atomic E-state index is 0.0481. The van der Waals surface area contributed by atoms with Gasteiger partial charge in [-0.1, -0.05) is 30.3 Å². The Labute approximate surface area is 142 Å². The molecule has 0 saturated carbocycles. The molecule has 0 radical (unpaired) electrons. The molecule has 6 heteroatoms. The molecule has 134 valence electrons. The molecule has 1 fully saturated rings. The molecule has 1 saturated heterocycles. The average molecular weight is 337 g/mol. The lowest BCUT2D eigenvalue weighted by atomic mass is 9.95. The van der Waals surface area contributed by atoms with Gasteiger partial charge in [-0.25, -0.2) is 4.79 Å². The normalized spacial score (nSPS) is 18.0. The van der Waals surface area contributed by atoms with Gasteiger partial charge in [0.25, 0.3) is 0 Å². The van der Waals surface area contributed by atoms with Crippen molar-refractivity contribution in [2.75, 3.05) is 19.7 Å². The van der Waals surface area contributed by atoms with E-state index < -0.39 is 12.1 Å². The maximum atomic E-state index is 11.0. The quantitative estimate of drug-likeness (QED) is 0.688. The van der Waals surface area contributed by atoms with Gasteiger partial charge in [0.15, 0.2) is 6.10 Å². The zero-order valence-corrected chi connectivity index (χ0v) is 14.1. The molecule has 2 rings (SSSR count). The van der Waals surface area contributed by atoms with E-state index in [9.17, 15) is 9.59 Å². The van der Waals surface area contributed by atoms with Gasteiger partial charge in [0, 0.05) is 6.42 Å². The van der Waals surface area contributed by atoms with Crippen molar-refractivity contribution in [1.82, 2.24) is 5.32 Å². The lowest BCUT2D eigenvalue weighted by Crippen LogP contribution is -2.30. The van der Waals surface area contributed by atoms with Gasteiger partial charge in [-0.3, -0.25) is 4.79 Å². The lowest BCUT2D eigenvalue weighted by molar-refractivity contribution is -0.147. The first kappa shape index (κ1) is 20.1. The van der Waals surface area contributed by atoms with E-state index in [-0.39, 0.29) is 5.97 Å². The van der Waals surface area contributed by atoms with Gasteiger partial charge >= 0.3 is 11.9 Å². The number of aliphatic carboxylic acids is 1. The molecule has 0 aromatic heterocycles. The molecule has 6 nitrogen and oxygen atoms in total. The standard InChI is InChI=1S/C10H19NO2.C8H8O3/c1-2-13-10(12)6-5-9-4-3-7-11-8-9;9-7(8(10)11)6-4-2-1-3-5-6/h9,11H,2-8H2,1H3;1-5,7,9H,(H,10,11). The summed E-state index contributed by atoms with van der Waals surface area (Å²) in [5.41, 5.74) is 0.403. The molecule has 3 N–H and O–H groups in total. The van der Waals surface area contributed by atoms with E-state index in [2.05, 4.69) is 5.32 Å². The number of rotatable bonds is 6. The number of hydrogen-bond donors (Lipinski definition) is 3. The minimum atomic E-state index is -1.41. The minimum Gasteiger partial charge on any atom is -0.479 e. The Kier molecular flexibility index (Phi) is 9.72. The molecule has 2 unspecified atom stereocenters. The molecular formula is C18H27NO5. The first-order valence-electron chi connectivity index (χ1n) is 8.36. The Morgan fingerprint density at radius 1 is 1.33 bits per heavy atom. The molecule has 0 spiro atoms. The number of carboxylic acid groups (broad SMARTS) is 1. The van der Waals surface area contributed by atoms with Crippen LogP contribution < -0.4 is 5.32 Å². The van der Waals surface area contributed by atoms with Gasteiger partial charge in [0.05, 0.1) is 6.61 Å². The molecule has 24 heavy (non-hydrogen) atoms. The number of esters is 1. The lowest BCUT2D eigenvalue weighted by Gasteiger charge is -2.21. The number of carbonyl (C=O) groups excluding carboxylic acids is 1. The fraction of sp³-hybridized carbons (Fsp3) is 0.556. The fourth-order valence-electron chi connectivity index (χ4n) is 2.50. The van der Waals surface area contributed by atoms with Crippen molar-refractivity contribution in [2.45, 2.75) is 38.7 Å². The van der Waals surface area contributed by atoms with Crippen molar-refractivity contribution < 1.29 is 24.5 Å². The van der Waals surface area contributed by atoms with E-state index in [0.29, 0.717) is 24.5 Å². The maximum absolute atomic E-state index is 11.0. The third-order valence-corrected chi connectivity index (χ3v) is 3.81. The van der Waals surface area contributed by atoms with Crippen LogP contribution in [-0.2, 0) is 14.3 Å². The molecular weight excluding hydrogens is 310 g/mol. The Morgan fingerprint density at radius 2 is 2.04 bits per heavy atom. The third kappa shape index (κ3) is 8.08. The highest BCUT2D eigenvalue weighted by Crippen LogP contribution is 2.16. The first-order chi connectivity index (χ1) is 11.5. The number of ether oxygens (including phenoxy) is 1. The summed E-state index contributed by atoms with van der Waals surface area (Å²) in [6.45, 7) is 4.55. The Balaban J connectivity index is 0.000000243. The second-order valence-corrected chi connectivity index (χ2v) is 5.71. The van der Waals surface area contributed by atoms with E-state index in [0.717, 1.165) is 19.5 Å². The second-order valence-electron chi connectivity index (χ2n) is 5.71. The summed E-state index contributed by atoms with van der Waals surface area (Å²) in [5, 5.41) is 20.7. The number of piperidine rings is 1. The number of nitrogens with one attached hydrogen (secondary N) is 1. The van der Waals surface area contributed by atoms with Gasteiger partial charge < -0.3 is 20.3 Å². The van der Waals surface area contributed by atoms with Crippen LogP contribution in [0.15, 0.2) is 30.3 Å². The number of carboxylic acids is 1. The predicted molar refractivity (Wildman–Crippen MR) is 90.5 cm³/mol. The summed E-state index contributed by atoms with van der Waals surface area (Å²) in [6, 6.07) is 8.26. The number of benzene rings is 1. The summed E-state index contributed by atoms with van der Waals surface area (Å²) in [7, 11) is 0. The van der Waals surface area contributed by atoms with E-state index >= 15 is 0 Å². The van der Waals surface area contributed by atoms with Gasteiger partial charge in [0.2, 0.25) is 0 Å². The highest BCUT2D eigenvalue weighted by molar-refractivity contribution is 5.73. The van der Waals surface area contributed by atoms with Crippen LogP contribution in [0.25, 0.3) is 0 Å². The first-order valence-corrected chi connectivity index (χ1v) is 8.36. The molecule has 0 aliphatic carbocycles. The van der Waals surface area contributed by atoms with Crippen LogP contribution in [-0.4, -0.2) is 41.8 Å². The number of carbonyl (C=O) groups is 2. The Morgan fingerprint density at radius 3 is 2.58 bits per heavy atom. The van der Waals surface area contributed by atoms with Crippen LogP contribution in [0.3, 0.4) is 0 Å². The van der Waals surface area contributed by atoms with Crippen LogP contribution in [0.1, 0.15) is 44.3 Å². The van der Waals surface area contributed by atoms with Crippen LogP contribution in [0, 0.1) is 5.92 Å². The molecule has 0 amide bonds.